The molecule has 5 aromatic rings. The molecule has 23 heteroatoms. The van der Waals surface area contributed by atoms with Crippen molar-refractivity contribution >= 4 is 58.8 Å². The van der Waals surface area contributed by atoms with Gasteiger partial charge in [0.25, 0.3) is 0 Å². The topological polar surface area (TPSA) is 228 Å². The molecule has 2 radical (unpaired) electrons. The first-order chi connectivity index (χ1) is 34.2. The minimum Gasteiger partial charge on any atom is -0.484 e. The van der Waals surface area contributed by atoms with Crippen molar-refractivity contribution in [1.82, 2.24) is 34.2 Å². The molecule has 5 unspecified atom stereocenters. The molecule has 6 N–H and O–H groups in total. The Bertz CT molecular complexity index is 2780. The highest BCUT2D eigenvalue weighted by atomic mass is 79.9. The summed E-state index contributed by atoms with van der Waals surface area (Å²) in [5.74, 6) is 2.27. The van der Waals surface area contributed by atoms with Crippen LogP contribution in [0.3, 0.4) is 0 Å². The molecule has 0 saturated carbocycles. The number of rotatable bonds is 4. The van der Waals surface area contributed by atoms with Gasteiger partial charge in [-0.05, 0) is 107 Å². The number of imidazole rings is 2. The van der Waals surface area contributed by atoms with Crippen LogP contribution in [0.4, 0.5) is 0 Å². The Morgan fingerprint density at radius 2 is 1.36 bits per heavy atom. The van der Waals surface area contributed by atoms with E-state index in [-0.39, 0.29) is 0 Å². The van der Waals surface area contributed by atoms with Crippen molar-refractivity contribution in [3.63, 3.8) is 0 Å². The third-order valence-corrected chi connectivity index (χ3v) is 16.3. The lowest BCUT2D eigenvalue weighted by Gasteiger charge is -2.46. The number of hydrogen-bond donors (Lipinski definition) is 4. The van der Waals surface area contributed by atoms with Crippen molar-refractivity contribution in [1.29, 1.82) is 0 Å². The monoisotopic (exact) mass is 1090 g/mol. The van der Waals surface area contributed by atoms with E-state index in [4.69, 9.17) is 63.1 Å². The van der Waals surface area contributed by atoms with Crippen LogP contribution < -0.4 is 20.9 Å². The Hall–Kier alpha value is -4.98. The summed E-state index contributed by atoms with van der Waals surface area (Å²) in [6.07, 6.45) is 18.6. The number of thioether (sulfide) groups is 1. The fourth-order valence-electron chi connectivity index (χ4n) is 9.10. The molecule has 10 heterocycles. The number of thiazole rings is 1. The van der Waals surface area contributed by atoms with Gasteiger partial charge in [0.15, 0.2) is 5.13 Å². The van der Waals surface area contributed by atoms with Crippen molar-refractivity contribution in [2.24, 2.45) is 21.5 Å². The number of ether oxygens (including phenoxy) is 4. The molecule has 7 aliphatic heterocycles. The van der Waals surface area contributed by atoms with Crippen LogP contribution in [0, 0.1) is 0 Å². The van der Waals surface area contributed by atoms with Gasteiger partial charge in [-0.2, -0.15) is 0 Å². The fraction of sp³-hybridized carbons (Fsp3) is 0.490. The SMILES string of the molecule is CC(C)(O)C(C)(C)O.CN1OC2(CC3(CCCOC3)Oc3ccc(-c4cnc(-n5ccnc5)s4)cc32)N=C1N.CN1OC2(CC3(CCCOC3)Oc3ccc(Br)cc32)N=C1N.[B]C1=CSC(n2ccnc2)C1. The molecule has 4 spiro atoms. The number of halogens is 1. The number of benzene rings is 2. The van der Waals surface area contributed by atoms with Crippen LogP contribution in [0.5, 0.6) is 11.5 Å². The molecule has 12 rings (SSSR count). The largest absolute Gasteiger partial charge is 0.484 e. The van der Waals surface area contributed by atoms with E-state index >= 15 is 0 Å². The quantitative estimate of drug-likeness (QED) is 0.135. The van der Waals surface area contributed by atoms with Gasteiger partial charge in [0.2, 0.25) is 23.4 Å². The number of nitrogens with zero attached hydrogens (tertiary/aromatic N) is 9. The first kappa shape index (κ1) is 51.9. The average molecular weight is 1090 g/mol. The molecule has 5 atom stereocenters. The Morgan fingerprint density at radius 3 is 1.83 bits per heavy atom. The van der Waals surface area contributed by atoms with Gasteiger partial charge >= 0.3 is 0 Å². The predicted octanol–water partition coefficient (Wildman–Crippen LogP) is 6.85. The third kappa shape index (κ3) is 10.9. The summed E-state index contributed by atoms with van der Waals surface area (Å²) in [5.41, 5.74) is 11.2. The van der Waals surface area contributed by atoms with Crippen LogP contribution in [0.1, 0.15) is 89.1 Å². The summed E-state index contributed by atoms with van der Waals surface area (Å²) in [5, 5.41) is 24.5. The highest BCUT2D eigenvalue weighted by Crippen LogP contribution is 2.53. The number of fused-ring (bicyclic) bond motifs is 4. The van der Waals surface area contributed by atoms with E-state index in [1.807, 2.05) is 65.2 Å². The fourth-order valence-corrected chi connectivity index (χ4v) is 11.3. The number of guanidine groups is 2. The number of hydrogen-bond acceptors (Lipinski definition) is 19. The maximum Gasteiger partial charge on any atom is 0.222 e. The Kier molecular flexibility index (Phi) is 14.7. The van der Waals surface area contributed by atoms with E-state index in [1.165, 1.54) is 10.1 Å². The van der Waals surface area contributed by atoms with E-state index in [0.717, 1.165) is 93.5 Å². The van der Waals surface area contributed by atoms with Crippen LogP contribution in [0.15, 0.2) is 105 Å². The second-order valence-corrected chi connectivity index (χ2v) is 22.8. The number of aliphatic imine (C=N–C) groups is 2. The lowest BCUT2D eigenvalue weighted by atomic mass is 9.81. The highest BCUT2D eigenvalue weighted by molar-refractivity contribution is 9.10. The minimum absolute atomic E-state index is 0.352. The second kappa shape index (κ2) is 20.4. The van der Waals surface area contributed by atoms with Crippen molar-refractivity contribution in [3.05, 3.63) is 107 Å². The van der Waals surface area contributed by atoms with Crippen LogP contribution in [-0.2, 0) is 30.6 Å². The summed E-state index contributed by atoms with van der Waals surface area (Å²) >= 11 is 6.84. The zero-order valence-corrected chi connectivity index (χ0v) is 44.5. The predicted molar refractivity (Wildman–Crippen MR) is 279 cm³/mol. The van der Waals surface area contributed by atoms with Gasteiger partial charge in [-0.3, -0.25) is 4.57 Å². The molecule has 72 heavy (non-hydrogen) atoms. The lowest BCUT2D eigenvalue weighted by molar-refractivity contribution is -0.216. The van der Waals surface area contributed by atoms with Gasteiger partial charge in [0.1, 0.15) is 36.9 Å². The normalized spacial score (nSPS) is 27.3. The number of hydroxylamine groups is 4. The van der Waals surface area contributed by atoms with E-state index in [9.17, 15) is 0 Å². The van der Waals surface area contributed by atoms with Crippen LogP contribution in [0.25, 0.3) is 15.6 Å². The molecule has 2 fully saturated rings. The van der Waals surface area contributed by atoms with Crippen LogP contribution in [0.2, 0.25) is 0 Å². The maximum atomic E-state index is 9.10. The second-order valence-electron chi connectivity index (χ2n) is 19.9. The summed E-state index contributed by atoms with van der Waals surface area (Å²) in [4.78, 5) is 35.4. The molecule has 2 aromatic carbocycles. The first-order valence-electron chi connectivity index (χ1n) is 23.7. The summed E-state index contributed by atoms with van der Waals surface area (Å²) in [6, 6.07) is 12.0. The standard InChI is InChI=1S/C21H22N6O3S.C15H18BrN3O3.C7H7BN2S.C6H14O2/c1-26-18(22)25-21(30-26)11-20(5-2-8-28-12-20)29-16-4-3-14(9-15(16)21)17-10-24-19(31-17)27-7-6-23-13-27;1-19-13(17)18-15(22-19)8-14(5-2-6-20-9-14)21-12-4-3-10(16)7-11(12)15;8-6-3-7(11-4-6)10-2-1-9-5-10;1-5(2,7)6(3,4)8/h3-4,6-7,9-10,13H,2,5,8,11-12H2,1H3,(H2,22,25);3-4,7H,2,5-6,8-9H2,1H3,(H2,17,18);1-2,4-5,7H,3H2;7-8H,1-4H3. The molecule has 382 valence electrons. The van der Waals surface area contributed by atoms with Gasteiger partial charge < -0.3 is 45.2 Å². The van der Waals surface area contributed by atoms with E-state index < -0.39 is 33.9 Å². The summed E-state index contributed by atoms with van der Waals surface area (Å²) < 4.78 is 29.2. The van der Waals surface area contributed by atoms with Crippen molar-refractivity contribution in [2.45, 2.75) is 112 Å². The van der Waals surface area contributed by atoms with E-state index in [1.54, 1.807) is 83.6 Å². The Morgan fingerprint density at radius 1 is 0.792 bits per heavy atom. The molecular formula is C49H61BBrN11O8S2. The summed E-state index contributed by atoms with van der Waals surface area (Å²) in [7, 11) is 9.18. The van der Waals surface area contributed by atoms with Crippen molar-refractivity contribution in [3.8, 4) is 27.1 Å². The molecule has 3 aromatic heterocycles. The Balaban J connectivity index is 0.000000135. The van der Waals surface area contributed by atoms with Crippen molar-refractivity contribution in [2.75, 3.05) is 40.5 Å². The maximum absolute atomic E-state index is 9.10. The van der Waals surface area contributed by atoms with E-state index in [2.05, 4.69) is 46.5 Å². The molecule has 0 amide bonds. The number of aliphatic hydroxyl groups is 2. The third-order valence-electron chi connectivity index (χ3n) is 13.6. The minimum atomic E-state index is -1.01. The molecule has 0 aliphatic carbocycles. The van der Waals surface area contributed by atoms with Crippen LogP contribution in [-0.4, -0.2) is 127 Å². The van der Waals surface area contributed by atoms with E-state index in [0.29, 0.717) is 43.3 Å². The zero-order chi connectivity index (χ0) is 51.1. The van der Waals surface area contributed by atoms with Gasteiger partial charge in [-0.1, -0.05) is 27.3 Å². The van der Waals surface area contributed by atoms with Crippen molar-refractivity contribution < 1.29 is 38.8 Å². The number of nitrogens with two attached hydrogens (primary N) is 2. The number of allylic oxidation sites excluding steroid dienone is 1. The zero-order valence-electron chi connectivity index (χ0n) is 41.2. The molecular weight excluding hydrogens is 1030 g/mol. The lowest BCUT2D eigenvalue weighted by Crippen LogP contribution is -2.53. The van der Waals surface area contributed by atoms with Gasteiger partial charge in [0.05, 0.1) is 52.1 Å². The smallest absolute Gasteiger partial charge is 0.222 e. The Labute approximate surface area is 437 Å². The van der Waals surface area contributed by atoms with Gasteiger partial charge in [0, 0.05) is 75.6 Å². The molecule has 0 bridgehead atoms. The van der Waals surface area contributed by atoms with Gasteiger partial charge in [-0.15, -0.1) is 17.2 Å². The van der Waals surface area contributed by atoms with Crippen LogP contribution >= 0.6 is 39.0 Å². The summed E-state index contributed by atoms with van der Waals surface area (Å²) in [6.45, 7) is 8.90. The molecule has 19 nitrogen and oxygen atoms in total. The molecule has 2 saturated heterocycles. The van der Waals surface area contributed by atoms with Gasteiger partial charge in [-0.25, -0.2) is 44.7 Å². The first-order valence-corrected chi connectivity index (χ1v) is 26.3. The average Bonchev–Trinajstić information content (AvgIpc) is 4.20. The molecule has 7 aliphatic rings. The number of aromatic nitrogens is 5. The highest BCUT2D eigenvalue weighted by Gasteiger charge is 2.56.